The Balaban J connectivity index is 2.65. The van der Waals surface area contributed by atoms with E-state index in [4.69, 9.17) is 10.3 Å². The molecule has 1 heterocycles. The Hall–Kier alpha value is -1.97. The van der Waals surface area contributed by atoms with Crippen molar-refractivity contribution in [2.45, 2.75) is 13.8 Å². The molecule has 0 aliphatic rings. The van der Waals surface area contributed by atoms with Gasteiger partial charge in [0.05, 0.1) is 11.8 Å². The average Bonchev–Trinajstić information content (AvgIpc) is 2.62. The summed E-state index contributed by atoms with van der Waals surface area (Å²) in [4.78, 5) is 0. The van der Waals surface area contributed by atoms with Crippen LogP contribution in [0.1, 0.15) is 11.1 Å². The van der Waals surface area contributed by atoms with Crippen LogP contribution in [0.2, 0.25) is 0 Å². The lowest BCUT2D eigenvalue weighted by molar-refractivity contribution is 0.436. The van der Waals surface area contributed by atoms with Gasteiger partial charge in [-0.1, -0.05) is 11.2 Å². The molecule has 4 heteroatoms. The number of nitrogen functional groups attached to an aromatic ring is 1. The van der Waals surface area contributed by atoms with Gasteiger partial charge in [-0.15, -0.1) is 0 Å². The van der Waals surface area contributed by atoms with Gasteiger partial charge in [0, 0.05) is 0 Å². The second-order valence-electron chi connectivity index (χ2n) is 3.49. The van der Waals surface area contributed by atoms with Gasteiger partial charge in [0.15, 0.2) is 0 Å². The fourth-order valence-corrected chi connectivity index (χ4v) is 1.55. The highest BCUT2D eigenvalue weighted by Crippen LogP contribution is 2.33. The first kappa shape index (κ1) is 9.58. The molecule has 15 heavy (non-hydrogen) atoms. The molecule has 0 saturated heterocycles. The number of nitrogens with two attached hydrogens (primary N) is 1. The molecule has 0 radical (unpaired) electrons. The molecular formula is C11H12N2O2. The highest BCUT2D eigenvalue weighted by molar-refractivity contribution is 5.76. The average molecular weight is 204 g/mol. The van der Waals surface area contributed by atoms with E-state index in [1.165, 1.54) is 0 Å². The Morgan fingerprint density at radius 1 is 1.20 bits per heavy atom. The number of hydrogen-bond acceptors (Lipinski definition) is 4. The van der Waals surface area contributed by atoms with E-state index in [1.807, 2.05) is 13.8 Å². The fourth-order valence-electron chi connectivity index (χ4n) is 1.55. The number of aromatic nitrogens is 1. The molecule has 1 aromatic carbocycles. The second-order valence-corrected chi connectivity index (χ2v) is 3.49. The van der Waals surface area contributed by atoms with Crippen molar-refractivity contribution < 1.29 is 9.63 Å². The van der Waals surface area contributed by atoms with Crippen molar-refractivity contribution in [3.05, 3.63) is 29.5 Å². The zero-order valence-electron chi connectivity index (χ0n) is 8.61. The second kappa shape index (κ2) is 3.31. The summed E-state index contributed by atoms with van der Waals surface area (Å²) in [7, 11) is 0. The van der Waals surface area contributed by atoms with E-state index in [-0.39, 0.29) is 5.75 Å². The highest BCUT2D eigenvalue weighted by atomic mass is 16.5. The third kappa shape index (κ3) is 1.44. The van der Waals surface area contributed by atoms with Gasteiger partial charge < -0.3 is 15.4 Å². The zero-order valence-corrected chi connectivity index (χ0v) is 8.61. The largest absolute Gasteiger partial charge is 0.508 e. The van der Waals surface area contributed by atoms with Gasteiger partial charge in [0.25, 0.3) is 0 Å². The summed E-state index contributed by atoms with van der Waals surface area (Å²) in [6.45, 7) is 3.79. The number of phenols is 1. The van der Waals surface area contributed by atoms with E-state index >= 15 is 0 Å². The fraction of sp³-hybridized carbons (Fsp3) is 0.182. The van der Waals surface area contributed by atoms with E-state index in [0.717, 1.165) is 22.3 Å². The van der Waals surface area contributed by atoms with Crippen LogP contribution in [-0.2, 0) is 0 Å². The molecule has 0 fully saturated rings. The van der Waals surface area contributed by atoms with Gasteiger partial charge >= 0.3 is 0 Å². The number of rotatable bonds is 1. The number of phenolic OH excluding ortho intramolecular Hbond substituents is 1. The molecule has 1 aromatic heterocycles. The number of hydrogen-bond donors (Lipinski definition) is 2. The third-order valence-corrected chi connectivity index (χ3v) is 2.65. The lowest BCUT2D eigenvalue weighted by Gasteiger charge is -2.08. The van der Waals surface area contributed by atoms with Crippen molar-refractivity contribution in [2.24, 2.45) is 0 Å². The van der Waals surface area contributed by atoms with Crippen LogP contribution < -0.4 is 5.73 Å². The van der Waals surface area contributed by atoms with Crippen LogP contribution in [-0.4, -0.2) is 10.3 Å². The molecule has 2 rings (SSSR count). The van der Waals surface area contributed by atoms with Crippen LogP contribution in [0.15, 0.2) is 22.9 Å². The molecule has 4 nitrogen and oxygen atoms in total. The zero-order chi connectivity index (χ0) is 11.0. The lowest BCUT2D eigenvalue weighted by atomic mass is 9.98. The molecule has 0 aliphatic carbocycles. The van der Waals surface area contributed by atoms with Crippen LogP contribution in [0.25, 0.3) is 11.1 Å². The van der Waals surface area contributed by atoms with Crippen molar-refractivity contribution in [3.63, 3.8) is 0 Å². The normalized spacial score (nSPS) is 10.5. The SMILES string of the molecule is Cc1c(O)ccc(-c2cnoc2N)c1C. The van der Waals surface area contributed by atoms with Gasteiger partial charge in [-0.05, 0) is 36.6 Å². The van der Waals surface area contributed by atoms with E-state index < -0.39 is 0 Å². The molecule has 2 aromatic rings. The molecule has 0 spiro atoms. The van der Waals surface area contributed by atoms with Crippen molar-refractivity contribution >= 4 is 5.88 Å². The maximum Gasteiger partial charge on any atom is 0.229 e. The maximum atomic E-state index is 9.52. The first-order valence-electron chi connectivity index (χ1n) is 4.61. The molecular weight excluding hydrogens is 192 g/mol. The van der Waals surface area contributed by atoms with Gasteiger partial charge in [-0.2, -0.15) is 0 Å². The number of aromatic hydroxyl groups is 1. The smallest absolute Gasteiger partial charge is 0.229 e. The molecule has 0 saturated carbocycles. The quantitative estimate of drug-likeness (QED) is 0.747. The van der Waals surface area contributed by atoms with Crippen molar-refractivity contribution in [2.75, 3.05) is 5.73 Å². The minimum absolute atomic E-state index is 0.284. The van der Waals surface area contributed by atoms with Crippen LogP contribution in [0.4, 0.5) is 5.88 Å². The molecule has 0 amide bonds. The Kier molecular flexibility index (Phi) is 2.11. The summed E-state index contributed by atoms with van der Waals surface area (Å²) in [5, 5.41) is 13.1. The van der Waals surface area contributed by atoms with Gasteiger partial charge in [0.2, 0.25) is 5.88 Å². The van der Waals surface area contributed by atoms with Crippen LogP contribution in [0.5, 0.6) is 5.75 Å². The summed E-state index contributed by atoms with van der Waals surface area (Å²) < 4.78 is 4.81. The van der Waals surface area contributed by atoms with Crippen molar-refractivity contribution in [1.29, 1.82) is 0 Å². The van der Waals surface area contributed by atoms with E-state index in [1.54, 1.807) is 18.3 Å². The number of nitrogens with zero attached hydrogens (tertiary/aromatic N) is 1. The number of anilines is 1. The van der Waals surface area contributed by atoms with E-state index in [2.05, 4.69) is 5.16 Å². The molecule has 0 bridgehead atoms. The topological polar surface area (TPSA) is 72.3 Å². The van der Waals surface area contributed by atoms with E-state index in [0.29, 0.717) is 5.88 Å². The Bertz CT molecular complexity index is 503. The molecule has 0 unspecified atom stereocenters. The Labute approximate surface area is 87.3 Å². The third-order valence-electron chi connectivity index (χ3n) is 2.65. The van der Waals surface area contributed by atoms with Gasteiger partial charge in [-0.3, -0.25) is 0 Å². The molecule has 0 atom stereocenters. The summed E-state index contributed by atoms with van der Waals surface area (Å²) in [6, 6.07) is 3.45. The highest BCUT2D eigenvalue weighted by Gasteiger charge is 2.12. The van der Waals surface area contributed by atoms with Crippen LogP contribution in [0.3, 0.4) is 0 Å². The Morgan fingerprint density at radius 3 is 2.53 bits per heavy atom. The number of benzene rings is 1. The molecule has 78 valence electrons. The van der Waals surface area contributed by atoms with Crippen LogP contribution >= 0.6 is 0 Å². The first-order valence-corrected chi connectivity index (χ1v) is 4.61. The predicted octanol–water partition coefficient (Wildman–Crippen LogP) is 2.25. The molecule has 0 aliphatic heterocycles. The maximum absolute atomic E-state index is 9.52. The summed E-state index contributed by atoms with van der Waals surface area (Å²) >= 11 is 0. The Morgan fingerprint density at radius 2 is 1.93 bits per heavy atom. The van der Waals surface area contributed by atoms with E-state index in [9.17, 15) is 5.11 Å². The standard InChI is InChI=1S/C11H12N2O2/c1-6-7(2)10(14)4-3-8(6)9-5-13-15-11(9)12/h3-5,14H,12H2,1-2H3. The lowest BCUT2D eigenvalue weighted by Crippen LogP contribution is -1.90. The van der Waals surface area contributed by atoms with Gasteiger partial charge in [-0.25, -0.2) is 0 Å². The minimum atomic E-state index is 0.284. The molecule has 3 N–H and O–H groups in total. The first-order chi connectivity index (χ1) is 7.11. The van der Waals surface area contributed by atoms with Crippen molar-refractivity contribution in [3.8, 4) is 16.9 Å². The van der Waals surface area contributed by atoms with Crippen LogP contribution in [0, 0.1) is 13.8 Å². The summed E-state index contributed by atoms with van der Waals surface area (Å²) in [5.74, 6) is 0.578. The van der Waals surface area contributed by atoms with Crippen molar-refractivity contribution in [1.82, 2.24) is 5.16 Å². The summed E-state index contributed by atoms with van der Waals surface area (Å²) in [5.41, 5.74) is 9.15. The monoisotopic (exact) mass is 204 g/mol. The summed E-state index contributed by atoms with van der Waals surface area (Å²) in [6.07, 6.45) is 1.58. The minimum Gasteiger partial charge on any atom is -0.508 e. The predicted molar refractivity (Wildman–Crippen MR) is 57.5 cm³/mol. The van der Waals surface area contributed by atoms with Gasteiger partial charge in [0.1, 0.15) is 5.75 Å².